The number of amides is 6. The molecule has 0 radical (unpaired) electrons. The lowest BCUT2D eigenvalue weighted by Gasteiger charge is -2.25. The molecule has 0 spiro atoms. The molecule has 4 atom stereocenters. The number of aliphatic hydroxyl groups excluding tert-OH is 1. The van der Waals surface area contributed by atoms with Crippen LogP contribution in [-0.2, 0) is 67.1 Å². The van der Waals surface area contributed by atoms with E-state index in [-0.39, 0.29) is 30.1 Å². The third-order valence-corrected chi connectivity index (χ3v) is 17.4. The number of ether oxygens (including phenoxy) is 3. The van der Waals surface area contributed by atoms with Crippen LogP contribution in [0.1, 0.15) is 128 Å². The first-order chi connectivity index (χ1) is 40.4. The maximum atomic E-state index is 13.0. The maximum Gasteiger partial charge on any atom is 0.433 e. The lowest BCUT2D eigenvalue weighted by atomic mass is 9.95. The number of nitrogens with zero attached hydrogens (tertiary/aromatic N) is 9. The summed E-state index contributed by atoms with van der Waals surface area (Å²) in [7, 11) is 0. The van der Waals surface area contributed by atoms with E-state index in [9.17, 15) is 33.9 Å². The normalized spacial score (nSPS) is 13.5. The average molecular weight is 1300 g/mol. The highest BCUT2D eigenvalue weighted by Gasteiger charge is 2.31. The minimum Gasteiger partial charge on any atom is -0.444 e. The molecule has 0 aliphatic carbocycles. The van der Waals surface area contributed by atoms with Crippen LogP contribution < -0.4 is 31.9 Å². The molecule has 5 rings (SSSR count). The molecule has 4 heterocycles. The minimum atomic E-state index is -1.12. The highest BCUT2D eigenvalue weighted by Crippen LogP contribution is 2.26. The average Bonchev–Trinajstić information content (AvgIpc) is 4.18. The lowest BCUT2D eigenvalue weighted by Crippen LogP contribution is -2.48. The highest BCUT2D eigenvalue weighted by atomic mass is 32.2. The highest BCUT2D eigenvalue weighted by molar-refractivity contribution is 7.99. The van der Waals surface area contributed by atoms with Gasteiger partial charge in [-0.05, 0) is 107 Å². The number of thioether (sulfide) groups is 2. The predicted molar refractivity (Wildman–Crippen MR) is 342 cm³/mol. The van der Waals surface area contributed by atoms with E-state index in [0.29, 0.717) is 52.6 Å². The second-order valence-electron chi connectivity index (χ2n) is 23.5. The van der Waals surface area contributed by atoms with Gasteiger partial charge in [-0.2, -0.15) is 28.5 Å². The molecule has 2 unspecified atom stereocenters. The molecule has 4 aromatic heterocycles. The van der Waals surface area contributed by atoms with Crippen molar-refractivity contribution in [3.63, 3.8) is 0 Å². The smallest absolute Gasteiger partial charge is 0.433 e. The number of rotatable bonds is 31. The molecule has 0 aliphatic heterocycles. The van der Waals surface area contributed by atoms with Crippen molar-refractivity contribution in [1.82, 2.24) is 51.4 Å². The van der Waals surface area contributed by atoms with Crippen LogP contribution >= 0.6 is 68.9 Å². The number of alkyl carbamates (subject to hydrolysis) is 2. The molecule has 25 nitrogen and oxygen atoms in total. The molecule has 5 aromatic rings. The van der Waals surface area contributed by atoms with E-state index >= 15 is 0 Å². The second-order valence-corrected chi connectivity index (χ2v) is 30.2. The van der Waals surface area contributed by atoms with Crippen molar-refractivity contribution in [2.75, 3.05) is 44.3 Å². The lowest BCUT2D eigenvalue weighted by molar-refractivity contribution is -0.119. The quantitative estimate of drug-likeness (QED) is 0.00939. The van der Waals surface area contributed by atoms with E-state index < -0.39 is 71.1 Å². The largest absolute Gasteiger partial charge is 0.444 e. The number of aliphatic imine (C=N–C) groups is 1. The standard InChI is InChI=1S/C55H81N15O10S6/c1-30(2)35(43(72)60-47-68-64-38(84-47)20-24-82-26-22-40-66-70-49(86-40)62-45(74)42(32(5)6)59-52(77)79-54(10,11)12)29-56-50(75)80-55(13,14)28-34-17-15-33(16-18-34)27-36(71)57-46-67-63-37(83-46)19-23-81-25-21-39-65-69-48(85-39)61-44(73)41(31(3)4)58-51(76)78-53(7,8)9/h15-18,29-32,35,41-43,72H,19-28H2,1-14H3,(H,58,76)(H,59,77)(H,60,68)(H,57,67,71)(H,61,69,73)(H,62,70,74)/t35?,41-,42-,43?/m0/s1. The van der Waals surface area contributed by atoms with Crippen LogP contribution in [-0.4, -0.2) is 146 Å². The number of benzene rings is 1. The van der Waals surface area contributed by atoms with Gasteiger partial charge < -0.3 is 40.6 Å². The van der Waals surface area contributed by atoms with E-state index in [2.05, 4.69) is 77.7 Å². The fraction of sp³-hybridized carbons (Fsp3) is 0.618. The van der Waals surface area contributed by atoms with Gasteiger partial charge in [0, 0.05) is 44.2 Å². The van der Waals surface area contributed by atoms with Gasteiger partial charge >= 0.3 is 18.3 Å². The summed E-state index contributed by atoms with van der Waals surface area (Å²) in [5.74, 6) is 0.980. The van der Waals surface area contributed by atoms with Crippen molar-refractivity contribution >= 4 is 132 Å². The second kappa shape index (κ2) is 33.4. The Balaban J connectivity index is 0.956. The number of nitrogens with one attached hydrogen (secondary N) is 6. The molecule has 1 aromatic carbocycles. The SMILES string of the molecule is CC(C)C(C=NC(=O)OC(C)(C)Cc1ccc(CC(=O)Nc2nnc(CCSCCc3nnc(NC(=O)[C@@H](NC(=O)OC(C)(C)C)C(C)C)s3)s2)cc1)C(O)Nc1nnc(CCSCCc2nnc(NC(=O)[C@@H](NC(=O)OC(C)(C)C)C(C)C)s2)s1. The number of carbonyl (C=O) groups is 6. The topological polar surface area (TPSA) is 338 Å². The molecule has 0 aliphatic rings. The summed E-state index contributed by atoms with van der Waals surface area (Å²) in [6.45, 7) is 25.2. The number of hydrogen-bond donors (Lipinski definition) is 7. The van der Waals surface area contributed by atoms with Crippen LogP contribution in [0.5, 0.6) is 0 Å². The first-order valence-corrected chi connectivity index (χ1v) is 33.6. The fourth-order valence-corrected chi connectivity index (χ4v) is 13.0. The Morgan fingerprint density at radius 3 is 1.33 bits per heavy atom. The van der Waals surface area contributed by atoms with Gasteiger partial charge in [-0.1, -0.05) is 111 Å². The van der Waals surface area contributed by atoms with Gasteiger partial charge in [0.05, 0.1) is 6.42 Å². The molecule has 31 heteroatoms. The Labute approximate surface area is 526 Å². The van der Waals surface area contributed by atoms with Gasteiger partial charge in [-0.3, -0.25) is 25.0 Å². The van der Waals surface area contributed by atoms with Gasteiger partial charge in [0.2, 0.25) is 38.2 Å². The monoisotopic (exact) mass is 1300 g/mol. The zero-order chi connectivity index (χ0) is 63.4. The van der Waals surface area contributed by atoms with Crippen molar-refractivity contribution in [1.29, 1.82) is 0 Å². The number of carbonyl (C=O) groups excluding carboxylic acids is 6. The summed E-state index contributed by atoms with van der Waals surface area (Å²) in [4.78, 5) is 80.6. The van der Waals surface area contributed by atoms with E-state index in [0.717, 1.165) is 54.2 Å². The first-order valence-electron chi connectivity index (χ1n) is 28.0. The van der Waals surface area contributed by atoms with Crippen LogP contribution in [0.3, 0.4) is 0 Å². The molecule has 86 heavy (non-hydrogen) atoms. The van der Waals surface area contributed by atoms with Gasteiger partial charge in [-0.15, -0.1) is 40.8 Å². The molecular formula is C55H81N15O10S6. The van der Waals surface area contributed by atoms with Gasteiger partial charge in [0.15, 0.2) is 0 Å². The maximum absolute atomic E-state index is 13.0. The zero-order valence-electron chi connectivity index (χ0n) is 51.1. The molecule has 0 bridgehead atoms. The molecule has 6 amide bonds. The van der Waals surface area contributed by atoms with E-state index in [1.807, 2.05) is 65.8 Å². The summed E-state index contributed by atoms with van der Waals surface area (Å²) in [5, 5.41) is 66.0. The van der Waals surface area contributed by atoms with Crippen LogP contribution in [0.15, 0.2) is 29.3 Å². The molecular weight excluding hydrogens is 1220 g/mol. The van der Waals surface area contributed by atoms with E-state index in [1.165, 1.54) is 51.6 Å². The van der Waals surface area contributed by atoms with Crippen molar-refractivity contribution in [3.05, 3.63) is 55.4 Å². The van der Waals surface area contributed by atoms with Crippen LogP contribution in [0.25, 0.3) is 0 Å². The zero-order valence-corrected chi connectivity index (χ0v) is 56.0. The third-order valence-electron chi connectivity index (χ3n) is 11.8. The molecule has 0 fully saturated rings. The summed E-state index contributed by atoms with van der Waals surface area (Å²) < 4.78 is 16.4. The Hall–Kier alpha value is -5.99. The predicted octanol–water partition coefficient (Wildman–Crippen LogP) is 9.52. The van der Waals surface area contributed by atoms with Crippen molar-refractivity contribution < 1.29 is 48.1 Å². The van der Waals surface area contributed by atoms with Crippen LogP contribution in [0, 0.1) is 23.7 Å². The number of aliphatic hydroxyl groups is 1. The summed E-state index contributed by atoms with van der Waals surface area (Å²) in [5.41, 5.74) is -0.645. The number of aromatic nitrogens is 8. The Morgan fingerprint density at radius 1 is 0.547 bits per heavy atom. The van der Waals surface area contributed by atoms with Crippen molar-refractivity contribution in [2.24, 2.45) is 28.7 Å². The molecule has 7 N–H and O–H groups in total. The van der Waals surface area contributed by atoms with Crippen LogP contribution in [0.2, 0.25) is 0 Å². The summed E-state index contributed by atoms with van der Waals surface area (Å²) in [6, 6.07) is 5.86. The van der Waals surface area contributed by atoms with E-state index in [4.69, 9.17) is 14.2 Å². The summed E-state index contributed by atoms with van der Waals surface area (Å²) in [6.07, 6.45) is 1.26. The van der Waals surface area contributed by atoms with Crippen molar-refractivity contribution in [3.8, 4) is 0 Å². The van der Waals surface area contributed by atoms with Crippen LogP contribution in [0.4, 0.5) is 34.9 Å². The first kappa shape index (κ1) is 70.8. The molecule has 472 valence electrons. The molecule has 0 saturated carbocycles. The van der Waals surface area contributed by atoms with Gasteiger partial charge in [0.1, 0.15) is 55.1 Å². The van der Waals surface area contributed by atoms with Gasteiger partial charge in [-0.25, -0.2) is 14.4 Å². The Morgan fingerprint density at radius 2 is 0.930 bits per heavy atom. The number of anilines is 4. The summed E-state index contributed by atoms with van der Waals surface area (Å²) >= 11 is 8.63. The molecule has 0 saturated heterocycles. The number of hydrogen-bond acceptors (Lipinski definition) is 25. The Kier molecular flexibility index (Phi) is 27.5. The van der Waals surface area contributed by atoms with Gasteiger partial charge in [0.25, 0.3) is 0 Å². The van der Waals surface area contributed by atoms with E-state index in [1.54, 1.807) is 78.9 Å². The Bertz CT molecular complexity index is 3020. The third kappa shape index (κ3) is 26.2. The number of aryl methyl sites for hydroxylation is 4. The minimum absolute atomic E-state index is 0.105. The van der Waals surface area contributed by atoms with Crippen molar-refractivity contribution in [2.45, 2.75) is 171 Å². The fourth-order valence-electron chi connectivity index (χ4n) is 7.68.